The topological polar surface area (TPSA) is 69.1 Å². The smallest absolute Gasteiger partial charge is 0.260 e. The van der Waals surface area contributed by atoms with Crippen LogP contribution in [0.1, 0.15) is 31.2 Å². The lowest BCUT2D eigenvalue weighted by Gasteiger charge is -2.10. The van der Waals surface area contributed by atoms with E-state index in [0.29, 0.717) is 17.5 Å². The van der Waals surface area contributed by atoms with Crippen LogP contribution in [0.4, 0.5) is 0 Å². The number of carbonyl (C=O) groups is 1. The minimum absolute atomic E-state index is 0.0840. The number of hydrogen-bond acceptors (Lipinski definition) is 5. The molecule has 1 aliphatic rings. The second-order valence-electron chi connectivity index (χ2n) is 5.16. The molecule has 0 aromatic heterocycles. The van der Waals surface area contributed by atoms with Gasteiger partial charge in [-0.15, -0.1) is 0 Å². The maximum Gasteiger partial charge on any atom is 0.260 e. The van der Waals surface area contributed by atoms with Gasteiger partial charge < -0.3 is 19.6 Å². The highest BCUT2D eigenvalue weighted by Crippen LogP contribution is 2.22. The lowest BCUT2D eigenvalue weighted by Crippen LogP contribution is -2.34. The van der Waals surface area contributed by atoms with Gasteiger partial charge in [-0.25, -0.2) is 0 Å². The molecule has 2 rings (SSSR count). The number of hydrogen-bond donors (Lipinski definition) is 1. The van der Waals surface area contributed by atoms with Crippen molar-refractivity contribution in [1.82, 2.24) is 5.32 Å². The fourth-order valence-corrected chi connectivity index (χ4v) is 2.47. The number of nitrogens with zero attached hydrogens (tertiary/aromatic N) is 1. The maximum atomic E-state index is 11.7. The molecule has 6 heteroatoms. The van der Waals surface area contributed by atoms with Gasteiger partial charge in [0.1, 0.15) is 11.5 Å². The Bertz CT molecular complexity index is 525. The second kappa shape index (κ2) is 8.26. The molecule has 0 heterocycles. The highest BCUT2D eigenvalue weighted by Gasteiger charge is 2.16. The molecule has 1 N–H and O–H groups in total. The number of carbonyl (C=O) groups excluding carboxylic acids is 1. The van der Waals surface area contributed by atoms with E-state index in [2.05, 4.69) is 10.5 Å². The van der Waals surface area contributed by atoms with Gasteiger partial charge in [-0.05, 0) is 31.0 Å². The van der Waals surface area contributed by atoms with E-state index < -0.39 is 0 Å². The van der Waals surface area contributed by atoms with Crippen molar-refractivity contribution in [3.63, 3.8) is 0 Å². The van der Waals surface area contributed by atoms with Crippen LogP contribution in [0.5, 0.6) is 11.5 Å². The molecule has 0 radical (unpaired) electrons. The van der Waals surface area contributed by atoms with Crippen molar-refractivity contribution in [2.24, 2.45) is 5.16 Å². The zero-order chi connectivity index (χ0) is 15.8. The normalized spacial score (nSPS) is 15.0. The minimum Gasteiger partial charge on any atom is -0.497 e. The molecule has 0 atom stereocenters. The molecule has 0 saturated heterocycles. The van der Waals surface area contributed by atoms with Crippen LogP contribution < -0.4 is 14.8 Å². The fourth-order valence-electron chi connectivity index (χ4n) is 2.47. The number of amides is 1. The van der Waals surface area contributed by atoms with E-state index >= 15 is 0 Å². The third kappa shape index (κ3) is 4.65. The molecular formula is C16H22N2O4. The third-order valence-corrected chi connectivity index (χ3v) is 3.62. The van der Waals surface area contributed by atoms with E-state index in [-0.39, 0.29) is 12.5 Å². The molecule has 0 spiro atoms. The van der Waals surface area contributed by atoms with E-state index in [1.54, 1.807) is 32.4 Å². The molecule has 1 saturated carbocycles. The van der Waals surface area contributed by atoms with Crippen LogP contribution in [-0.4, -0.2) is 39.0 Å². The number of nitrogens with one attached hydrogen (secondary N) is 1. The first-order valence-corrected chi connectivity index (χ1v) is 7.39. The standard InChI is InChI=1S/C16H22N2O4/c1-20-14-7-8-15(21-2)12(9-14)10-17-22-11-16(19)18-13-5-3-4-6-13/h7-10,13H,3-6,11H2,1-2H3,(H,18,19)/b17-10+. The van der Waals surface area contributed by atoms with Gasteiger partial charge in [0.15, 0.2) is 6.61 Å². The molecule has 120 valence electrons. The van der Waals surface area contributed by atoms with E-state index in [9.17, 15) is 4.79 Å². The van der Waals surface area contributed by atoms with Crippen molar-refractivity contribution in [1.29, 1.82) is 0 Å². The molecule has 22 heavy (non-hydrogen) atoms. The molecule has 0 aliphatic heterocycles. The summed E-state index contributed by atoms with van der Waals surface area (Å²) < 4.78 is 10.4. The summed E-state index contributed by atoms with van der Waals surface area (Å²) in [6.45, 7) is -0.0840. The first-order chi connectivity index (χ1) is 10.7. The van der Waals surface area contributed by atoms with Gasteiger partial charge in [-0.3, -0.25) is 4.79 Å². The van der Waals surface area contributed by atoms with Crippen LogP contribution in [-0.2, 0) is 9.63 Å². The van der Waals surface area contributed by atoms with Crippen LogP contribution in [0.15, 0.2) is 23.4 Å². The van der Waals surface area contributed by atoms with Gasteiger partial charge in [0.2, 0.25) is 0 Å². The van der Waals surface area contributed by atoms with Crippen LogP contribution in [0.2, 0.25) is 0 Å². The first-order valence-electron chi connectivity index (χ1n) is 7.39. The summed E-state index contributed by atoms with van der Waals surface area (Å²) in [6.07, 6.45) is 5.97. The summed E-state index contributed by atoms with van der Waals surface area (Å²) >= 11 is 0. The molecule has 1 aliphatic carbocycles. The summed E-state index contributed by atoms with van der Waals surface area (Å²) in [4.78, 5) is 16.7. The summed E-state index contributed by atoms with van der Waals surface area (Å²) in [5.41, 5.74) is 0.720. The summed E-state index contributed by atoms with van der Waals surface area (Å²) in [5, 5.41) is 6.75. The Balaban J connectivity index is 1.82. The average Bonchev–Trinajstić information content (AvgIpc) is 3.04. The van der Waals surface area contributed by atoms with E-state index in [1.807, 2.05) is 0 Å². The molecule has 0 unspecified atom stereocenters. The van der Waals surface area contributed by atoms with Crippen LogP contribution in [0, 0.1) is 0 Å². The fraction of sp³-hybridized carbons (Fsp3) is 0.500. The number of methoxy groups -OCH3 is 2. The van der Waals surface area contributed by atoms with Gasteiger partial charge >= 0.3 is 0 Å². The van der Waals surface area contributed by atoms with Gasteiger partial charge in [-0.1, -0.05) is 18.0 Å². The largest absolute Gasteiger partial charge is 0.497 e. The highest BCUT2D eigenvalue weighted by molar-refractivity contribution is 5.84. The minimum atomic E-state index is -0.137. The van der Waals surface area contributed by atoms with Gasteiger partial charge in [0, 0.05) is 11.6 Å². The third-order valence-electron chi connectivity index (χ3n) is 3.62. The summed E-state index contributed by atoms with van der Waals surface area (Å²) in [7, 11) is 3.17. The monoisotopic (exact) mass is 306 g/mol. The lowest BCUT2D eigenvalue weighted by atomic mass is 10.2. The van der Waals surface area contributed by atoms with E-state index in [1.165, 1.54) is 19.1 Å². The van der Waals surface area contributed by atoms with Crippen molar-refractivity contribution < 1.29 is 19.1 Å². The van der Waals surface area contributed by atoms with E-state index in [4.69, 9.17) is 14.3 Å². The summed E-state index contributed by atoms with van der Waals surface area (Å²) in [5.74, 6) is 1.21. The van der Waals surface area contributed by atoms with Crippen LogP contribution in [0.25, 0.3) is 0 Å². The highest BCUT2D eigenvalue weighted by atomic mass is 16.6. The van der Waals surface area contributed by atoms with Crippen molar-refractivity contribution in [3.8, 4) is 11.5 Å². The molecule has 1 fully saturated rings. The Morgan fingerprint density at radius 3 is 2.77 bits per heavy atom. The molecule has 0 bridgehead atoms. The van der Waals surface area contributed by atoms with Gasteiger partial charge in [0.05, 0.1) is 20.4 Å². The molecule has 1 aromatic carbocycles. The Morgan fingerprint density at radius 1 is 1.32 bits per heavy atom. The first kappa shape index (κ1) is 16.1. The Morgan fingerprint density at radius 2 is 2.09 bits per heavy atom. The Kier molecular flexibility index (Phi) is 6.06. The zero-order valence-corrected chi connectivity index (χ0v) is 13.0. The molecule has 1 amide bonds. The second-order valence-corrected chi connectivity index (χ2v) is 5.16. The van der Waals surface area contributed by atoms with Crippen molar-refractivity contribution in [2.75, 3.05) is 20.8 Å². The Hall–Kier alpha value is -2.24. The van der Waals surface area contributed by atoms with Crippen LogP contribution in [0.3, 0.4) is 0 Å². The predicted octanol–water partition coefficient (Wildman–Crippen LogP) is 2.11. The quantitative estimate of drug-likeness (QED) is 0.619. The number of oxime groups is 1. The lowest BCUT2D eigenvalue weighted by molar-refractivity contribution is -0.126. The number of ether oxygens (including phenoxy) is 2. The Labute approximate surface area is 130 Å². The molecule has 1 aromatic rings. The van der Waals surface area contributed by atoms with Crippen LogP contribution >= 0.6 is 0 Å². The maximum absolute atomic E-state index is 11.7. The number of benzene rings is 1. The van der Waals surface area contributed by atoms with Gasteiger partial charge in [0.25, 0.3) is 5.91 Å². The van der Waals surface area contributed by atoms with Crippen molar-refractivity contribution >= 4 is 12.1 Å². The van der Waals surface area contributed by atoms with Crippen molar-refractivity contribution in [2.45, 2.75) is 31.7 Å². The van der Waals surface area contributed by atoms with Crippen molar-refractivity contribution in [3.05, 3.63) is 23.8 Å². The molecule has 6 nitrogen and oxygen atoms in total. The zero-order valence-electron chi connectivity index (χ0n) is 13.0. The molecular weight excluding hydrogens is 284 g/mol. The van der Waals surface area contributed by atoms with E-state index in [0.717, 1.165) is 18.4 Å². The number of rotatable bonds is 7. The SMILES string of the molecule is COc1ccc(OC)c(/C=N/OCC(=O)NC2CCCC2)c1. The summed E-state index contributed by atoms with van der Waals surface area (Å²) in [6, 6.07) is 5.65. The predicted molar refractivity (Wildman–Crippen MR) is 83.5 cm³/mol. The van der Waals surface area contributed by atoms with Gasteiger partial charge in [-0.2, -0.15) is 0 Å². The average molecular weight is 306 g/mol.